The summed E-state index contributed by atoms with van der Waals surface area (Å²) in [6.45, 7) is 0. The predicted molar refractivity (Wildman–Crippen MR) is 114 cm³/mol. The first-order chi connectivity index (χ1) is 13.5. The van der Waals surface area contributed by atoms with Crippen molar-refractivity contribution in [3.8, 4) is 11.5 Å². The van der Waals surface area contributed by atoms with Crippen LogP contribution in [0.4, 0.5) is 0 Å². The van der Waals surface area contributed by atoms with Crippen molar-refractivity contribution in [2.75, 3.05) is 0 Å². The average Bonchev–Trinajstić information content (AvgIpc) is 2.64. The van der Waals surface area contributed by atoms with E-state index in [1.165, 1.54) is 42.5 Å². The summed E-state index contributed by atoms with van der Waals surface area (Å²) in [5.74, 6) is -0.981. The molecule has 0 bridgehead atoms. The van der Waals surface area contributed by atoms with Gasteiger partial charge in [0.05, 0.1) is 15.1 Å². The molecule has 1 atom stereocenters. The summed E-state index contributed by atoms with van der Waals surface area (Å²) in [7, 11) is -5.09. The van der Waals surface area contributed by atoms with Crippen LogP contribution in [-0.2, 0) is 14.9 Å². The van der Waals surface area contributed by atoms with E-state index in [1.807, 2.05) is 0 Å². The Morgan fingerprint density at radius 2 is 1.28 bits per heavy atom. The molecule has 0 aromatic heterocycles. The highest BCUT2D eigenvalue weighted by Crippen LogP contribution is 2.52. The third-order valence-electron chi connectivity index (χ3n) is 4.42. The van der Waals surface area contributed by atoms with Crippen LogP contribution < -0.4 is 0 Å². The van der Waals surface area contributed by atoms with Crippen molar-refractivity contribution >= 4 is 56.5 Å². The average molecular weight is 494 g/mol. The molecule has 0 heterocycles. The first kappa shape index (κ1) is 22.0. The molecule has 0 radical (unpaired) electrons. The molecule has 0 amide bonds. The zero-order chi connectivity index (χ0) is 21.6. The second-order valence-corrected chi connectivity index (χ2v) is 9.28. The molecule has 3 aromatic carbocycles. The van der Waals surface area contributed by atoms with Gasteiger partial charge in [0.15, 0.2) is 4.75 Å². The Morgan fingerprint density at radius 1 is 0.724 bits per heavy atom. The van der Waals surface area contributed by atoms with Crippen LogP contribution in [0.2, 0.25) is 20.1 Å². The van der Waals surface area contributed by atoms with Crippen molar-refractivity contribution in [3.63, 3.8) is 0 Å². The minimum atomic E-state index is -5.09. The summed E-state index contributed by atoms with van der Waals surface area (Å²) < 4.78 is 33.9. The zero-order valence-electron chi connectivity index (χ0n) is 14.3. The summed E-state index contributed by atoms with van der Waals surface area (Å²) >= 11 is 24.2. The lowest BCUT2D eigenvalue weighted by Gasteiger charge is -2.34. The number of benzene rings is 3. The van der Waals surface area contributed by atoms with E-state index in [0.29, 0.717) is 5.02 Å². The Labute approximate surface area is 186 Å². The Morgan fingerprint density at radius 3 is 1.83 bits per heavy atom. The van der Waals surface area contributed by atoms with Gasteiger partial charge in [-0.15, -0.1) is 0 Å². The lowest BCUT2D eigenvalue weighted by molar-refractivity contribution is 0.439. The highest BCUT2D eigenvalue weighted by atomic mass is 35.5. The van der Waals surface area contributed by atoms with Crippen LogP contribution in [0.3, 0.4) is 0 Å². The van der Waals surface area contributed by atoms with Gasteiger partial charge in [0, 0.05) is 10.6 Å². The lowest BCUT2D eigenvalue weighted by Crippen LogP contribution is -2.38. The monoisotopic (exact) mass is 492 g/mol. The summed E-state index contributed by atoms with van der Waals surface area (Å²) in [6, 6.07) is 11.5. The van der Waals surface area contributed by atoms with E-state index >= 15 is 0 Å². The van der Waals surface area contributed by atoms with Gasteiger partial charge >= 0.3 is 0 Å². The summed E-state index contributed by atoms with van der Waals surface area (Å²) in [5, 5.41) is 20.6. The number of hydrogen-bond acceptors (Lipinski definition) is 4. The largest absolute Gasteiger partial charge is 0.508 e. The summed E-state index contributed by atoms with van der Waals surface area (Å²) in [5.41, 5.74) is -0.535. The molecule has 0 aliphatic heterocycles. The van der Waals surface area contributed by atoms with Crippen molar-refractivity contribution in [3.05, 3.63) is 91.4 Å². The maximum atomic E-state index is 12.9. The van der Waals surface area contributed by atoms with Crippen LogP contribution >= 0.6 is 46.4 Å². The Balaban J connectivity index is 2.61. The van der Waals surface area contributed by atoms with Gasteiger partial charge in [-0.2, -0.15) is 8.42 Å². The first-order valence-electron chi connectivity index (χ1n) is 7.89. The second-order valence-electron chi connectivity index (χ2n) is 6.08. The lowest BCUT2D eigenvalue weighted by atomic mass is 9.83. The fraction of sp³-hybridized carbons (Fsp3) is 0.0526. The quantitative estimate of drug-likeness (QED) is 0.311. The normalized spacial score (nSPS) is 13.8. The molecule has 29 heavy (non-hydrogen) atoms. The maximum Gasteiger partial charge on any atom is 0.283 e. The molecule has 0 aliphatic rings. The topological polar surface area (TPSA) is 94.8 Å². The molecule has 152 valence electrons. The fourth-order valence-corrected chi connectivity index (χ4v) is 5.26. The predicted octanol–water partition coefficient (Wildman–Crippen LogP) is 5.89. The summed E-state index contributed by atoms with van der Waals surface area (Å²) in [6.07, 6.45) is 0. The number of rotatable bonds is 4. The smallest absolute Gasteiger partial charge is 0.283 e. The van der Waals surface area contributed by atoms with E-state index in [4.69, 9.17) is 46.4 Å². The number of halogens is 4. The van der Waals surface area contributed by atoms with Gasteiger partial charge in [0.1, 0.15) is 11.5 Å². The van der Waals surface area contributed by atoms with Gasteiger partial charge in [-0.1, -0.05) is 64.6 Å². The van der Waals surface area contributed by atoms with Crippen molar-refractivity contribution in [2.45, 2.75) is 4.75 Å². The van der Waals surface area contributed by atoms with E-state index < -0.39 is 31.9 Å². The number of phenolic OH excluding ortho intramolecular Hbond substituents is 2. The van der Waals surface area contributed by atoms with Crippen LogP contribution in [0, 0.1) is 0 Å². The molecular weight excluding hydrogens is 482 g/mol. The molecule has 1 unspecified atom stereocenters. The third-order valence-corrected chi connectivity index (χ3v) is 7.24. The molecule has 5 nitrogen and oxygen atoms in total. The minimum absolute atomic E-state index is 0.00871. The third kappa shape index (κ3) is 3.65. The van der Waals surface area contributed by atoms with E-state index in [9.17, 15) is 23.2 Å². The van der Waals surface area contributed by atoms with Gasteiger partial charge in [0.2, 0.25) is 0 Å². The van der Waals surface area contributed by atoms with E-state index in [-0.39, 0.29) is 26.2 Å². The van der Waals surface area contributed by atoms with Crippen LogP contribution in [0.5, 0.6) is 11.5 Å². The van der Waals surface area contributed by atoms with E-state index in [1.54, 1.807) is 0 Å². The molecule has 10 heteroatoms. The number of aromatic hydroxyl groups is 2. The minimum Gasteiger partial charge on any atom is -0.508 e. The standard InChI is InChI=1S/C19H12Cl4O5S/c20-12-4-1-10(2-5-12)19(29(26,27)28,11-3-6-13(21)16(25)9-11)17-15(24)8-7-14(22)18(17)23/h1-9,24-25H,(H,26,27,28). The van der Waals surface area contributed by atoms with Crippen LogP contribution in [-0.4, -0.2) is 23.2 Å². The van der Waals surface area contributed by atoms with Crippen LogP contribution in [0.25, 0.3) is 0 Å². The molecule has 0 saturated heterocycles. The molecule has 0 saturated carbocycles. The molecule has 3 aromatic rings. The molecular formula is C19H12Cl4O5S. The molecule has 0 spiro atoms. The molecule has 3 N–H and O–H groups in total. The maximum absolute atomic E-state index is 12.9. The highest BCUT2D eigenvalue weighted by Gasteiger charge is 2.51. The Hall–Kier alpha value is -1.67. The summed E-state index contributed by atoms with van der Waals surface area (Å²) in [4.78, 5) is 0. The Kier molecular flexibility index (Phi) is 5.98. The van der Waals surface area contributed by atoms with E-state index in [0.717, 1.165) is 12.1 Å². The number of hydrogen-bond donors (Lipinski definition) is 3. The molecule has 3 rings (SSSR count). The van der Waals surface area contributed by atoms with Crippen molar-refractivity contribution in [2.24, 2.45) is 0 Å². The van der Waals surface area contributed by atoms with Crippen molar-refractivity contribution in [1.29, 1.82) is 0 Å². The molecule has 0 fully saturated rings. The van der Waals surface area contributed by atoms with Crippen LogP contribution in [0.1, 0.15) is 16.7 Å². The van der Waals surface area contributed by atoms with E-state index in [2.05, 4.69) is 0 Å². The fourth-order valence-electron chi connectivity index (χ4n) is 3.17. The Bertz CT molecular complexity index is 1200. The molecule has 0 aliphatic carbocycles. The van der Waals surface area contributed by atoms with Crippen molar-refractivity contribution < 1.29 is 23.2 Å². The SMILES string of the molecule is O=S(=O)(O)C(c1ccc(Cl)cc1)(c1ccc(Cl)c(O)c1)c1c(O)ccc(Cl)c1Cl. The van der Waals surface area contributed by atoms with Crippen LogP contribution in [0.15, 0.2) is 54.6 Å². The van der Waals surface area contributed by atoms with Gasteiger partial charge in [-0.3, -0.25) is 4.55 Å². The van der Waals surface area contributed by atoms with Gasteiger partial charge in [-0.25, -0.2) is 0 Å². The second kappa shape index (κ2) is 7.87. The first-order valence-corrected chi connectivity index (χ1v) is 10.8. The van der Waals surface area contributed by atoms with Gasteiger partial charge in [-0.05, 0) is 47.5 Å². The number of phenols is 2. The highest BCUT2D eigenvalue weighted by molar-refractivity contribution is 7.87. The van der Waals surface area contributed by atoms with Crippen molar-refractivity contribution in [1.82, 2.24) is 0 Å². The van der Waals surface area contributed by atoms with Gasteiger partial charge < -0.3 is 10.2 Å². The van der Waals surface area contributed by atoms with Gasteiger partial charge in [0.25, 0.3) is 10.1 Å². The zero-order valence-corrected chi connectivity index (χ0v) is 18.1.